The van der Waals surface area contributed by atoms with Crippen molar-refractivity contribution >= 4 is 51.2 Å². The predicted octanol–water partition coefficient (Wildman–Crippen LogP) is 4.61. The third kappa shape index (κ3) is 3.55. The Morgan fingerprint density at radius 3 is 2.89 bits per heavy atom. The molecule has 0 N–H and O–H groups in total. The Morgan fingerprint density at radius 2 is 2.15 bits per heavy atom. The lowest BCUT2D eigenvalue weighted by Crippen LogP contribution is -2.25. The van der Waals surface area contributed by atoms with Gasteiger partial charge in [-0.1, -0.05) is 36.7 Å². The number of carbonyl (C=O) groups is 1. The fraction of sp³-hybridized carbons (Fsp3) is 0.316. The molecule has 0 unspecified atom stereocenters. The molecule has 0 saturated carbocycles. The van der Waals surface area contributed by atoms with Crippen LogP contribution in [0.2, 0.25) is 5.15 Å². The second-order valence-electron chi connectivity index (χ2n) is 6.35. The van der Waals surface area contributed by atoms with Gasteiger partial charge in [0.25, 0.3) is 0 Å². The van der Waals surface area contributed by atoms with Crippen molar-refractivity contribution in [2.24, 2.45) is 0 Å². The number of halogens is 2. The summed E-state index contributed by atoms with van der Waals surface area (Å²) in [6, 6.07) is 8.98. The van der Waals surface area contributed by atoms with E-state index in [1.807, 2.05) is 29.0 Å². The Labute approximate surface area is 175 Å². The van der Waals surface area contributed by atoms with Crippen molar-refractivity contribution in [2.75, 3.05) is 0 Å². The fourth-order valence-electron chi connectivity index (χ4n) is 3.31. The number of aromatic nitrogens is 3. The van der Waals surface area contributed by atoms with Crippen LogP contribution in [0.3, 0.4) is 0 Å². The topological polar surface area (TPSA) is 66.2 Å². The summed E-state index contributed by atoms with van der Waals surface area (Å²) in [5.41, 5.74) is 1.19. The summed E-state index contributed by atoms with van der Waals surface area (Å²) in [5, 5.41) is 1.17. The summed E-state index contributed by atoms with van der Waals surface area (Å²) in [6.07, 6.45) is 3.95. The van der Waals surface area contributed by atoms with E-state index >= 15 is 0 Å². The van der Waals surface area contributed by atoms with E-state index < -0.39 is 12.3 Å². The van der Waals surface area contributed by atoms with Gasteiger partial charge >= 0.3 is 5.97 Å². The van der Waals surface area contributed by atoms with Crippen molar-refractivity contribution in [1.29, 1.82) is 0 Å². The van der Waals surface area contributed by atoms with Gasteiger partial charge in [-0.25, -0.2) is 14.8 Å². The second-order valence-corrected chi connectivity index (χ2v) is 7.87. The summed E-state index contributed by atoms with van der Waals surface area (Å²) >= 11 is 8.44. The van der Waals surface area contributed by atoms with E-state index in [0.29, 0.717) is 22.8 Å². The van der Waals surface area contributed by atoms with Crippen LogP contribution in [-0.4, -0.2) is 32.7 Å². The molecule has 2 aromatic heterocycles. The summed E-state index contributed by atoms with van der Waals surface area (Å²) in [4.78, 5) is 21.0. The number of rotatable bonds is 4. The summed E-state index contributed by atoms with van der Waals surface area (Å²) < 4.78 is 14.8. The van der Waals surface area contributed by atoms with Gasteiger partial charge in [0.2, 0.25) is 0 Å². The summed E-state index contributed by atoms with van der Waals surface area (Å²) in [6.45, 7) is 2.06. The van der Waals surface area contributed by atoms with Gasteiger partial charge in [-0.3, -0.25) is 0 Å². The smallest absolute Gasteiger partial charge is 0.338 e. The van der Waals surface area contributed by atoms with Crippen LogP contribution in [0.15, 0.2) is 42.9 Å². The highest BCUT2D eigenvalue weighted by atomic mass is 127. The first-order chi connectivity index (χ1) is 13.1. The average Bonchev–Trinajstić information content (AvgIpc) is 3.24. The van der Waals surface area contributed by atoms with E-state index in [-0.39, 0.29) is 12.1 Å². The molecule has 1 aliphatic rings. The van der Waals surface area contributed by atoms with Gasteiger partial charge < -0.3 is 14.0 Å². The molecule has 3 atom stereocenters. The number of nitrogens with zero attached hydrogens (tertiary/aromatic N) is 3. The Bertz CT molecular complexity index is 979. The molecule has 6 nitrogen and oxygen atoms in total. The summed E-state index contributed by atoms with van der Waals surface area (Å²) in [5.74, 6) is -0.357. The van der Waals surface area contributed by atoms with Crippen LogP contribution in [0.4, 0.5) is 0 Å². The molecule has 27 heavy (non-hydrogen) atoms. The minimum Gasteiger partial charge on any atom is -0.454 e. The molecule has 0 bridgehead atoms. The zero-order valence-electron chi connectivity index (χ0n) is 14.5. The lowest BCUT2D eigenvalue weighted by atomic mass is 10.1. The lowest BCUT2D eigenvalue weighted by molar-refractivity contribution is -0.0465. The largest absolute Gasteiger partial charge is 0.454 e. The van der Waals surface area contributed by atoms with Crippen LogP contribution in [0, 0.1) is 3.57 Å². The second kappa shape index (κ2) is 7.73. The van der Waals surface area contributed by atoms with Crippen LogP contribution < -0.4 is 0 Å². The number of hydrogen-bond acceptors (Lipinski definition) is 5. The molecule has 0 amide bonds. The van der Waals surface area contributed by atoms with Crippen LogP contribution in [0.5, 0.6) is 0 Å². The normalized spacial score (nSPS) is 22.3. The standard InChI is InChI=1S/C19H17ClIN3O3/c1-2-12-8-14(27-19(25)11-6-4-3-5-7-11)18(26-12)24-9-13(21)15-16(20)22-10-23-17(15)24/h3-7,9-10,12,14,18H,2,8H2,1H3/t12-,14-,18-/m1/s1. The number of hydrogen-bond donors (Lipinski definition) is 0. The number of ether oxygens (including phenoxy) is 2. The Hall–Kier alpha value is -1.71. The van der Waals surface area contributed by atoms with E-state index in [1.54, 1.807) is 12.1 Å². The molecule has 140 valence electrons. The zero-order chi connectivity index (χ0) is 19.0. The highest BCUT2D eigenvalue weighted by molar-refractivity contribution is 14.1. The van der Waals surface area contributed by atoms with E-state index in [2.05, 4.69) is 39.5 Å². The number of carbonyl (C=O) groups excluding carboxylic acids is 1. The zero-order valence-corrected chi connectivity index (χ0v) is 17.4. The third-order valence-electron chi connectivity index (χ3n) is 4.66. The van der Waals surface area contributed by atoms with E-state index in [4.69, 9.17) is 21.1 Å². The third-order valence-corrected chi connectivity index (χ3v) is 5.76. The molecule has 0 radical (unpaired) electrons. The monoisotopic (exact) mass is 497 g/mol. The number of esters is 1. The lowest BCUT2D eigenvalue weighted by Gasteiger charge is -2.21. The van der Waals surface area contributed by atoms with Gasteiger partial charge in [0.15, 0.2) is 6.23 Å². The molecular weight excluding hydrogens is 481 g/mol. The maximum atomic E-state index is 12.6. The van der Waals surface area contributed by atoms with Gasteiger partial charge in [-0.15, -0.1) is 0 Å². The van der Waals surface area contributed by atoms with E-state index in [0.717, 1.165) is 15.4 Å². The van der Waals surface area contributed by atoms with Crippen molar-refractivity contribution in [2.45, 2.75) is 38.2 Å². The molecule has 1 fully saturated rings. The van der Waals surface area contributed by atoms with Gasteiger partial charge in [0.05, 0.1) is 17.1 Å². The number of fused-ring (bicyclic) bond motifs is 1. The fourth-order valence-corrected chi connectivity index (χ4v) is 4.49. The van der Waals surface area contributed by atoms with Crippen LogP contribution in [0.25, 0.3) is 11.0 Å². The van der Waals surface area contributed by atoms with E-state index in [9.17, 15) is 4.79 Å². The van der Waals surface area contributed by atoms with Crippen LogP contribution in [-0.2, 0) is 9.47 Å². The molecule has 1 aliphatic heterocycles. The predicted molar refractivity (Wildman–Crippen MR) is 110 cm³/mol. The van der Waals surface area contributed by atoms with Gasteiger partial charge in [0, 0.05) is 16.2 Å². The molecule has 1 aromatic carbocycles. The van der Waals surface area contributed by atoms with Crippen molar-refractivity contribution in [3.05, 3.63) is 57.1 Å². The Kier molecular flexibility index (Phi) is 5.34. The minimum absolute atomic E-state index is 0.0102. The first-order valence-electron chi connectivity index (χ1n) is 8.66. The molecule has 3 aromatic rings. The van der Waals surface area contributed by atoms with Crippen molar-refractivity contribution < 1.29 is 14.3 Å². The number of benzene rings is 1. The Balaban J connectivity index is 1.68. The van der Waals surface area contributed by atoms with Crippen LogP contribution >= 0.6 is 34.2 Å². The highest BCUT2D eigenvalue weighted by Gasteiger charge is 2.39. The highest BCUT2D eigenvalue weighted by Crippen LogP contribution is 2.37. The van der Waals surface area contributed by atoms with Crippen molar-refractivity contribution in [3.8, 4) is 0 Å². The van der Waals surface area contributed by atoms with Crippen molar-refractivity contribution in [1.82, 2.24) is 14.5 Å². The molecule has 0 spiro atoms. The molecule has 0 aliphatic carbocycles. The molecule has 4 rings (SSSR count). The first kappa shape index (κ1) is 18.6. The Morgan fingerprint density at radius 1 is 1.37 bits per heavy atom. The van der Waals surface area contributed by atoms with Gasteiger partial charge in [0.1, 0.15) is 23.2 Å². The SMILES string of the molecule is CC[C@@H]1C[C@@H](OC(=O)c2ccccc2)[C@H](n2cc(I)c3c(Cl)ncnc32)O1. The van der Waals surface area contributed by atoms with E-state index in [1.165, 1.54) is 6.33 Å². The van der Waals surface area contributed by atoms with Crippen LogP contribution in [0.1, 0.15) is 36.4 Å². The quantitative estimate of drug-likeness (QED) is 0.299. The minimum atomic E-state index is -0.459. The molecule has 1 saturated heterocycles. The van der Waals surface area contributed by atoms with Crippen molar-refractivity contribution in [3.63, 3.8) is 0 Å². The maximum Gasteiger partial charge on any atom is 0.338 e. The first-order valence-corrected chi connectivity index (χ1v) is 10.1. The molecule has 3 heterocycles. The van der Waals surface area contributed by atoms with Gasteiger partial charge in [-0.2, -0.15) is 0 Å². The summed E-state index contributed by atoms with van der Waals surface area (Å²) in [7, 11) is 0. The maximum absolute atomic E-state index is 12.6. The van der Waals surface area contributed by atoms with Gasteiger partial charge in [-0.05, 0) is 41.1 Å². The molecular formula is C19H17ClIN3O3. The molecule has 8 heteroatoms. The average molecular weight is 498 g/mol.